The molecule has 1 unspecified atom stereocenters. The van der Waals surface area contributed by atoms with Crippen LogP contribution >= 0.6 is 23.2 Å². The Bertz CT molecular complexity index is 501. The van der Waals surface area contributed by atoms with Crippen molar-refractivity contribution in [1.82, 2.24) is 5.32 Å². The zero-order valence-electron chi connectivity index (χ0n) is 12.1. The van der Waals surface area contributed by atoms with Gasteiger partial charge in [0.2, 0.25) is 0 Å². The number of esters is 1. The minimum absolute atomic E-state index is 0.0993. The molecule has 1 aromatic rings. The van der Waals surface area contributed by atoms with Crippen molar-refractivity contribution >= 4 is 40.9 Å². The van der Waals surface area contributed by atoms with Gasteiger partial charge in [0.1, 0.15) is 6.04 Å². The van der Waals surface area contributed by atoms with Crippen molar-refractivity contribution in [3.8, 4) is 0 Å². The molecule has 0 heterocycles. The fourth-order valence-electron chi connectivity index (χ4n) is 1.66. The van der Waals surface area contributed by atoms with E-state index in [0.717, 1.165) is 0 Å². The highest BCUT2D eigenvalue weighted by Gasteiger charge is 2.25. The molecule has 2 N–H and O–H groups in total. The Morgan fingerprint density at radius 3 is 2.24 bits per heavy atom. The summed E-state index contributed by atoms with van der Waals surface area (Å²) < 4.78 is 4.93. The Labute approximate surface area is 133 Å². The molecular formula is C14H18Cl2N2O3. The summed E-state index contributed by atoms with van der Waals surface area (Å²) in [4.78, 5) is 23.7. The first-order valence-corrected chi connectivity index (χ1v) is 7.29. The molecule has 116 valence electrons. The van der Waals surface area contributed by atoms with Crippen LogP contribution in [0.5, 0.6) is 0 Å². The lowest BCUT2D eigenvalue weighted by Crippen LogP contribution is -2.47. The van der Waals surface area contributed by atoms with Crippen molar-refractivity contribution in [2.75, 3.05) is 11.9 Å². The number of carbonyl (C=O) groups excluding carboxylic acids is 2. The van der Waals surface area contributed by atoms with Gasteiger partial charge in [0, 0.05) is 15.7 Å². The van der Waals surface area contributed by atoms with E-state index in [4.69, 9.17) is 27.9 Å². The van der Waals surface area contributed by atoms with Crippen LogP contribution in [-0.2, 0) is 9.53 Å². The maximum atomic E-state index is 11.9. The molecule has 0 spiro atoms. The Morgan fingerprint density at radius 1 is 1.19 bits per heavy atom. The van der Waals surface area contributed by atoms with Crippen LogP contribution in [0.2, 0.25) is 10.0 Å². The van der Waals surface area contributed by atoms with Crippen molar-refractivity contribution in [3.05, 3.63) is 28.2 Å². The topological polar surface area (TPSA) is 67.4 Å². The summed E-state index contributed by atoms with van der Waals surface area (Å²) in [7, 11) is 0. The molecule has 21 heavy (non-hydrogen) atoms. The molecule has 1 rings (SSSR count). The molecule has 0 radical (unpaired) electrons. The number of hydrogen-bond acceptors (Lipinski definition) is 3. The molecule has 2 amide bonds. The van der Waals surface area contributed by atoms with Crippen LogP contribution in [0.25, 0.3) is 0 Å². The van der Waals surface area contributed by atoms with Gasteiger partial charge in [-0.25, -0.2) is 9.59 Å². The van der Waals surface area contributed by atoms with Gasteiger partial charge in [0.15, 0.2) is 0 Å². The summed E-state index contributed by atoms with van der Waals surface area (Å²) in [6, 6.07) is 3.42. The molecule has 1 aromatic carbocycles. The van der Waals surface area contributed by atoms with Crippen LogP contribution in [0, 0.1) is 5.92 Å². The predicted molar refractivity (Wildman–Crippen MR) is 83.9 cm³/mol. The molecule has 5 nitrogen and oxygen atoms in total. The molecular weight excluding hydrogens is 315 g/mol. The lowest BCUT2D eigenvalue weighted by Gasteiger charge is -2.20. The maximum absolute atomic E-state index is 11.9. The van der Waals surface area contributed by atoms with Gasteiger partial charge >= 0.3 is 12.0 Å². The first-order chi connectivity index (χ1) is 9.83. The number of ether oxygens (including phenoxy) is 1. The summed E-state index contributed by atoms with van der Waals surface area (Å²) >= 11 is 11.7. The fourth-order valence-corrected chi connectivity index (χ4v) is 2.19. The number of carbonyl (C=O) groups is 2. The number of hydrogen-bond donors (Lipinski definition) is 2. The van der Waals surface area contributed by atoms with Gasteiger partial charge in [0.05, 0.1) is 6.61 Å². The second-order valence-electron chi connectivity index (χ2n) is 4.73. The average Bonchev–Trinajstić information content (AvgIpc) is 2.34. The third-order valence-corrected chi connectivity index (χ3v) is 3.05. The molecule has 0 aliphatic heterocycles. The molecule has 0 saturated carbocycles. The van der Waals surface area contributed by atoms with Gasteiger partial charge in [-0.05, 0) is 31.0 Å². The van der Waals surface area contributed by atoms with Gasteiger partial charge in [0.25, 0.3) is 0 Å². The maximum Gasteiger partial charge on any atom is 0.328 e. The van der Waals surface area contributed by atoms with Crippen LogP contribution in [-0.4, -0.2) is 24.6 Å². The Morgan fingerprint density at radius 2 is 1.76 bits per heavy atom. The summed E-state index contributed by atoms with van der Waals surface area (Å²) in [5, 5.41) is 5.97. The monoisotopic (exact) mass is 332 g/mol. The van der Waals surface area contributed by atoms with E-state index >= 15 is 0 Å². The number of halogens is 2. The normalized spacial score (nSPS) is 11.9. The molecule has 0 saturated heterocycles. The van der Waals surface area contributed by atoms with Gasteiger partial charge in [-0.3, -0.25) is 0 Å². The summed E-state index contributed by atoms with van der Waals surface area (Å²) in [6.07, 6.45) is 0. The lowest BCUT2D eigenvalue weighted by molar-refractivity contribution is -0.146. The van der Waals surface area contributed by atoms with Crippen LogP contribution < -0.4 is 10.6 Å². The standard InChI is InChI=1S/C14H18Cl2N2O3/c1-4-21-13(19)12(8(2)3)18-14(20)17-11-6-9(15)5-10(16)7-11/h5-8,12H,4H2,1-3H3,(H2,17,18,20). The predicted octanol–water partition coefficient (Wildman–Crippen LogP) is 3.70. The molecule has 0 aromatic heterocycles. The van der Waals surface area contributed by atoms with E-state index in [2.05, 4.69) is 10.6 Å². The molecule has 0 aliphatic rings. The van der Waals surface area contributed by atoms with Crippen molar-refractivity contribution in [1.29, 1.82) is 0 Å². The number of anilines is 1. The van der Waals surface area contributed by atoms with E-state index in [9.17, 15) is 9.59 Å². The number of amides is 2. The molecule has 0 aliphatic carbocycles. The van der Waals surface area contributed by atoms with E-state index < -0.39 is 18.0 Å². The second kappa shape index (κ2) is 8.10. The number of nitrogens with one attached hydrogen (secondary N) is 2. The first-order valence-electron chi connectivity index (χ1n) is 6.53. The van der Waals surface area contributed by atoms with Gasteiger partial charge in [-0.15, -0.1) is 0 Å². The van der Waals surface area contributed by atoms with Gasteiger partial charge in [-0.1, -0.05) is 37.0 Å². The van der Waals surface area contributed by atoms with Crippen LogP contribution in [0.1, 0.15) is 20.8 Å². The molecule has 0 fully saturated rings. The lowest BCUT2D eigenvalue weighted by atomic mass is 10.1. The molecule has 0 bridgehead atoms. The second-order valence-corrected chi connectivity index (χ2v) is 5.60. The summed E-state index contributed by atoms with van der Waals surface area (Å²) in [5.74, 6) is -0.565. The Kier molecular flexibility index (Phi) is 6.78. The average molecular weight is 333 g/mol. The quantitative estimate of drug-likeness (QED) is 0.808. The minimum atomic E-state index is -0.723. The van der Waals surface area contributed by atoms with Crippen LogP contribution in [0.15, 0.2) is 18.2 Å². The van der Waals surface area contributed by atoms with E-state index in [1.807, 2.05) is 13.8 Å². The van der Waals surface area contributed by atoms with Crippen LogP contribution in [0.3, 0.4) is 0 Å². The SMILES string of the molecule is CCOC(=O)C(NC(=O)Nc1cc(Cl)cc(Cl)c1)C(C)C. The van der Waals surface area contributed by atoms with E-state index in [1.54, 1.807) is 25.1 Å². The number of urea groups is 1. The van der Waals surface area contributed by atoms with E-state index in [-0.39, 0.29) is 12.5 Å². The van der Waals surface area contributed by atoms with Crippen LogP contribution in [0.4, 0.5) is 10.5 Å². The summed E-state index contributed by atoms with van der Waals surface area (Å²) in [6.45, 7) is 5.61. The summed E-state index contributed by atoms with van der Waals surface area (Å²) in [5.41, 5.74) is 0.441. The van der Waals surface area contributed by atoms with Gasteiger partial charge in [-0.2, -0.15) is 0 Å². The van der Waals surface area contributed by atoms with E-state index in [1.165, 1.54) is 0 Å². The zero-order valence-corrected chi connectivity index (χ0v) is 13.6. The zero-order chi connectivity index (χ0) is 16.0. The van der Waals surface area contributed by atoms with Gasteiger partial charge < -0.3 is 15.4 Å². The molecule has 7 heteroatoms. The largest absolute Gasteiger partial charge is 0.464 e. The highest BCUT2D eigenvalue weighted by atomic mass is 35.5. The van der Waals surface area contributed by atoms with Crippen molar-refractivity contribution in [3.63, 3.8) is 0 Å². The van der Waals surface area contributed by atoms with E-state index in [0.29, 0.717) is 15.7 Å². The minimum Gasteiger partial charge on any atom is -0.464 e. The third kappa shape index (κ3) is 5.81. The number of rotatable bonds is 5. The van der Waals surface area contributed by atoms with Crippen molar-refractivity contribution < 1.29 is 14.3 Å². The Hall–Kier alpha value is -1.46. The number of benzene rings is 1. The molecule has 1 atom stereocenters. The first kappa shape index (κ1) is 17.6. The van der Waals surface area contributed by atoms with Crippen molar-refractivity contribution in [2.24, 2.45) is 5.92 Å². The third-order valence-electron chi connectivity index (χ3n) is 2.61. The highest BCUT2D eigenvalue weighted by Crippen LogP contribution is 2.22. The highest BCUT2D eigenvalue weighted by molar-refractivity contribution is 6.35. The fraction of sp³-hybridized carbons (Fsp3) is 0.429. The Balaban J connectivity index is 2.71. The van der Waals surface area contributed by atoms with Crippen molar-refractivity contribution in [2.45, 2.75) is 26.8 Å². The smallest absolute Gasteiger partial charge is 0.328 e.